The topological polar surface area (TPSA) is 60.9 Å². The maximum atomic E-state index is 13.2. The van der Waals surface area contributed by atoms with E-state index < -0.39 is 17.7 Å². The number of aryl methyl sites for hydroxylation is 3. The van der Waals surface area contributed by atoms with Crippen molar-refractivity contribution < 1.29 is 14.7 Å². The summed E-state index contributed by atoms with van der Waals surface area (Å²) in [6, 6.07) is 13.0. The van der Waals surface area contributed by atoms with Gasteiger partial charge in [-0.1, -0.05) is 61.4 Å². The van der Waals surface area contributed by atoms with Crippen molar-refractivity contribution in [1.82, 2.24) is 9.80 Å². The number of hydrogen-bond acceptors (Lipinski definition) is 4. The fraction of sp³-hybridized carbons (Fsp3) is 0.407. The van der Waals surface area contributed by atoms with E-state index in [1.807, 2.05) is 63.2 Å². The average Bonchev–Trinajstić information content (AvgIpc) is 3.03. The third kappa shape index (κ3) is 4.78. The molecule has 2 aromatic rings. The molecule has 5 heteroatoms. The quantitative estimate of drug-likeness (QED) is 0.369. The fourth-order valence-corrected chi connectivity index (χ4v) is 4.35. The molecule has 0 unspecified atom stereocenters. The smallest absolute Gasteiger partial charge is 0.295 e. The summed E-state index contributed by atoms with van der Waals surface area (Å²) in [4.78, 5) is 30.2. The van der Waals surface area contributed by atoms with Gasteiger partial charge in [-0.15, -0.1) is 0 Å². The molecule has 1 saturated heterocycles. The van der Waals surface area contributed by atoms with Crippen LogP contribution in [-0.4, -0.2) is 52.8 Å². The maximum absolute atomic E-state index is 13.2. The Morgan fingerprint density at radius 1 is 0.969 bits per heavy atom. The number of benzene rings is 2. The number of amides is 1. The Hall–Kier alpha value is -2.92. The molecule has 5 nitrogen and oxygen atoms in total. The molecular formula is C27H34N2O3. The van der Waals surface area contributed by atoms with Crippen LogP contribution in [0.2, 0.25) is 0 Å². The third-order valence-corrected chi connectivity index (χ3v) is 6.35. The van der Waals surface area contributed by atoms with Crippen LogP contribution in [0.1, 0.15) is 54.1 Å². The van der Waals surface area contributed by atoms with E-state index >= 15 is 0 Å². The number of Topliss-reactive ketones (excluding diaryl/α,β-unsaturated/α-hetero) is 1. The van der Waals surface area contributed by atoms with Crippen LogP contribution in [0.25, 0.3) is 5.76 Å². The molecule has 0 aliphatic carbocycles. The van der Waals surface area contributed by atoms with Crippen LogP contribution in [0, 0.1) is 20.8 Å². The van der Waals surface area contributed by atoms with E-state index in [0.29, 0.717) is 12.1 Å². The largest absolute Gasteiger partial charge is 0.507 e. The van der Waals surface area contributed by atoms with Crippen molar-refractivity contribution in [1.29, 1.82) is 0 Å². The molecule has 170 valence electrons. The van der Waals surface area contributed by atoms with Crippen molar-refractivity contribution in [2.75, 3.05) is 26.2 Å². The van der Waals surface area contributed by atoms with Gasteiger partial charge in [-0.25, -0.2) is 0 Å². The van der Waals surface area contributed by atoms with Crippen molar-refractivity contribution in [2.45, 2.75) is 47.1 Å². The summed E-state index contributed by atoms with van der Waals surface area (Å²) in [7, 11) is 0. The number of carbonyl (C=O) groups excluding carboxylic acids is 2. The minimum absolute atomic E-state index is 0.0960. The molecule has 1 aliphatic heterocycles. The summed E-state index contributed by atoms with van der Waals surface area (Å²) in [5.41, 5.74) is 4.56. The van der Waals surface area contributed by atoms with Crippen LogP contribution in [0.4, 0.5) is 0 Å². The summed E-state index contributed by atoms with van der Waals surface area (Å²) >= 11 is 0. The van der Waals surface area contributed by atoms with Crippen molar-refractivity contribution in [2.24, 2.45) is 0 Å². The first-order valence-corrected chi connectivity index (χ1v) is 11.4. The minimum Gasteiger partial charge on any atom is -0.507 e. The highest BCUT2D eigenvalue weighted by molar-refractivity contribution is 6.46. The zero-order chi connectivity index (χ0) is 23.4. The molecule has 0 radical (unpaired) electrons. The summed E-state index contributed by atoms with van der Waals surface area (Å²) in [6.07, 6.45) is 0.764. The Morgan fingerprint density at radius 2 is 1.59 bits per heavy atom. The Morgan fingerprint density at radius 3 is 2.22 bits per heavy atom. The van der Waals surface area contributed by atoms with Crippen molar-refractivity contribution in [3.63, 3.8) is 0 Å². The molecule has 1 heterocycles. The van der Waals surface area contributed by atoms with Crippen LogP contribution in [-0.2, 0) is 9.59 Å². The second-order valence-corrected chi connectivity index (χ2v) is 8.60. The van der Waals surface area contributed by atoms with Gasteiger partial charge in [-0.2, -0.15) is 0 Å². The van der Waals surface area contributed by atoms with Gasteiger partial charge >= 0.3 is 0 Å². The molecule has 32 heavy (non-hydrogen) atoms. The summed E-state index contributed by atoms with van der Waals surface area (Å²) < 4.78 is 0. The highest BCUT2D eigenvalue weighted by Gasteiger charge is 2.45. The third-order valence-electron chi connectivity index (χ3n) is 6.35. The molecule has 0 aromatic heterocycles. The summed E-state index contributed by atoms with van der Waals surface area (Å²) in [5, 5.41) is 11.3. The number of hydrogen-bond donors (Lipinski definition) is 1. The van der Waals surface area contributed by atoms with E-state index in [9.17, 15) is 14.7 Å². The Balaban J connectivity index is 2.06. The van der Waals surface area contributed by atoms with Crippen LogP contribution in [0.15, 0.2) is 48.0 Å². The maximum Gasteiger partial charge on any atom is 0.295 e. The van der Waals surface area contributed by atoms with Crippen molar-refractivity contribution >= 4 is 17.4 Å². The molecule has 1 amide bonds. The fourth-order valence-electron chi connectivity index (χ4n) is 4.35. The van der Waals surface area contributed by atoms with Crippen LogP contribution < -0.4 is 0 Å². The minimum atomic E-state index is -0.614. The van der Waals surface area contributed by atoms with Gasteiger partial charge in [-0.05, 0) is 64.0 Å². The monoisotopic (exact) mass is 434 g/mol. The second kappa shape index (κ2) is 10.1. The zero-order valence-corrected chi connectivity index (χ0v) is 19.8. The van der Waals surface area contributed by atoms with Crippen molar-refractivity contribution in [3.8, 4) is 0 Å². The first-order valence-electron chi connectivity index (χ1n) is 11.4. The number of likely N-dealkylation sites (tertiary alicyclic amines) is 1. The molecular weight excluding hydrogens is 400 g/mol. The van der Waals surface area contributed by atoms with Crippen LogP contribution in [0.5, 0.6) is 0 Å². The number of ketones is 1. The SMILES string of the molecule is CCN(CC)CCCN1C(=O)C(=O)C(=C(O)c2cc(C)ccc2C)[C@@H]1c1ccc(C)cc1. The second-order valence-electron chi connectivity index (χ2n) is 8.60. The summed E-state index contributed by atoms with van der Waals surface area (Å²) in [5.74, 6) is -1.25. The molecule has 0 spiro atoms. The molecule has 0 saturated carbocycles. The predicted octanol–water partition coefficient (Wildman–Crippen LogP) is 4.77. The molecule has 1 atom stereocenters. The number of carbonyl (C=O) groups is 2. The van der Waals surface area contributed by atoms with Gasteiger partial charge in [0.25, 0.3) is 11.7 Å². The number of rotatable bonds is 8. The molecule has 2 aromatic carbocycles. The van der Waals surface area contributed by atoms with Gasteiger partial charge in [0.05, 0.1) is 11.6 Å². The van der Waals surface area contributed by atoms with Gasteiger partial charge in [0.1, 0.15) is 5.76 Å². The number of aliphatic hydroxyl groups excluding tert-OH is 1. The van der Waals surface area contributed by atoms with Crippen molar-refractivity contribution in [3.05, 3.63) is 75.9 Å². The molecule has 3 rings (SSSR count). The highest BCUT2D eigenvalue weighted by atomic mass is 16.3. The first-order chi connectivity index (χ1) is 15.3. The zero-order valence-electron chi connectivity index (χ0n) is 19.8. The Bertz CT molecular complexity index is 1020. The number of aliphatic hydroxyl groups is 1. The van der Waals surface area contributed by atoms with Gasteiger partial charge < -0.3 is 14.9 Å². The van der Waals surface area contributed by atoms with E-state index in [1.54, 1.807) is 4.90 Å². The Kier molecular flexibility index (Phi) is 7.52. The van der Waals surface area contributed by atoms with E-state index in [0.717, 1.165) is 48.3 Å². The standard InChI is InChI=1S/C27H34N2O3/c1-6-28(7-2)15-8-16-29-24(21-13-10-18(3)11-14-21)23(26(31)27(29)32)25(30)22-17-19(4)9-12-20(22)5/h9-14,17,24,30H,6-8,15-16H2,1-5H3/t24-/m0/s1. The van der Waals surface area contributed by atoms with Gasteiger partial charge in [0, 0.05) is 12.1 Å². The Labute approximate surface area is 191 Å². The number of nitrogens with zero attached hydrogens (tertiary/aromatic N) is 2. The lowest BCUT2D eigenvalue weighted by atomic mass is 9.93. The van der Waals surface area contributed by atoms with Crippen LogP contribution in [0.3, 0.4) is 0 Å². The van der Waals surface area contributed by atoms with Gasteiger partial charge in [-0.3, -0.25) is 9.59 Å². The molecule has 1 fully saturated rings. The lowest BCUT2D eigenvalue weighted by molar-refractivity contribution is -0.140. The van der Waals surface area contributed by atoms with Gasteiger partial charge in [0.15, 0.2) is 0 Å². The first kappa shape index (κ1) is 23.7. The van der Waals surface area contributed by atoms with E-state index in [1.165, 1.54) is 0 Å². The lowest BCUT2D eigenvalue weighted by Crippen LogP contribution is -2.33. The molecule has 0 bridgehead atoms. The normalized spacial score (nSPS) is 18.1. The molecule has 1 aliphatic rings. The van der Waals surface area contributed by atoms with E-state index in [4.69, 9.17) is 0 Å². The highest BCUT2D eigenvalue weighted by Crippen LogP contribution is 2.40. The summed E-state index contributed by atoms with van der Waals surface area (Å²) in [6.45, 7) is 13.3. The lowest BCUT2D eigenvalue weighted by Gasteiger charge is -2.27. The predicted molar refractivity (Wildman–Crippen MR) is 129 cm³/mol. The van der Waals surface area contributed by atoms with Crippen LogP contribution >= 0.6 is 0 Å². The van der Waals surface area contributed by atoms with E-state index in [2.05, 4.69) is 18.7 Å². The van der Waals surface area contributed by atoms with E-state index in [-0.39, 0.29) is 11.3 Å². The van der Waals surface area contributed by atoms with Gasteiger partial charge in [0.2, 0.25) is 0 Å². The molecule has 1 N–H and O–H groups in total. The average molecular weight is 435 g/mol.